The maximum atomic E-state index is 13.1. The summed E-state index contributed by atoms with van der Waals surface area (Å²) in [5.41, 5.74) is 1.09. The molecule has 2 aliphatic rings. The first-order valence-electron chi connectivity index (χ1n) is 19.7. The average Bonchev–Trinajstić information content (AvgIpc) is 3.54. The summed E-state index contributed by atoms with van der Waals surface area (Å²) in [7, 11) is -14.8. The first-order chi connectivity index (χ1) is 28.9. The molecule has 2 aliphatic heterocycles. The van der Waals surface area contributed by atoms with E-state index < -0.39 is 67.8 Å². The number of sulfonamides is 1. The van der Waals surface area contributed by atoms with Crippen LogP contribution in [0.4, 0.5) is 11.4 Å². The highest BCUT2D eigenvalue weighted by Crippen LogP contribution is 2.51. The van der Waals surface area contributed by atoms with Crippen LogP contribution in [0.3, 0.4) is 0 Å². The quantitative estimate of drug-likeness (QED) is 0.0476. The van der Waals surface area contributed by atoms with Crippen molar-refractivity contribution >= 4 is 63.4 Å². The molecule has 4 rings (SSSR count). The molecule has 18 nitrogen and oxygen atoms in total. The summed E-state index contributed by atoms with van der Waals surface area (Å²) in [6.07, 6.45) is 10.1. The smallest absolute Gasteiger partial charge is 0.303 e. The highest BCUT2D eigenvalue weighted by Gasteiger charge is 2.48. The molecule has 2 atom stereocenters. The van der Waals surface area contributed by atoms with Crippen LogP contribution < -0.4 is 9.62 Å². The Morgan fingerprint density at radius 2 is 1.50 bits per heavy atom. The van der Waals surface area contributed by atoms with Crippen LogP contribution in [0.25, 0.3) is 0 Å². The molecule has 2 heterocycles. The lowest BCUT2D eigenvalue weighted by Crippen LogP contribution is -2.35. The van der Waals surface area contributed by atoms with E-state index in [4.69, 9.17) is 14.6 Å². The molecule has 0 fully saturated rings. The van der Waals surface area contributed by atoms with Crippen LogP contribution in [-0.2, 0) is 65.5 Å². The molecular weight excluding hydrogens is 891 g/mol. The molecule has 344 valence electrons. The zero-order valence-electron chi connectivity index (χ0n) is 35.0. The molecule has 0 amide bonds. The van der Waals surface area contributed by atoms with Gasteiger partial charge in [-0.05, 0) is 87.9 Å². The number of benzene rings is 2. The summed E-state index contributed by atoms with van der Waals surface area (Å²) < 4.78 is 145. The van der Waals surface area contributed by atoms with Crippen LogP contribution in [0.15, 0.2) is 82.3 Å². The van der Waals surface area contributed by atoms with Gasteiger partial charge >= 0.3 is 5.97 Å². The van der Waals surface area contributed by atoms with Crippen molar-refractivity contribution in [3.8, 4) is 0 Å². The normalized spacial score (nSPS) is 20.2. The van der Waals surface area contributed by atoms with Crippen molar-refractivity contribution < 1.29 is 71.3 Å². The number of rotatable bonds is 25. The summed E-state index contributed by atoms with van der Waals surface area (Å²) in [5.74, 6) is -1.86. The first kappa shape index (κ1) is 50.8. The summed E-state index contributed by atoms with van der Waals surface area (Å²) in [6.45, 7) is 4.61. The molecule has 62 heavy (non-hydrogen) atoms. The number of aliphatic carboxylic acids is 1. The number of carbonyl (C=O) groups is 1. The van der Waals surface area contributed by atoms with E-state index in [1.807, 2.05) is 9.48 Å². The molecule has 0 aliphatic carbocycles. The summed E-state index contributed by atoms with van der Waals surface area (Å²) in [5, 5.41) is 9.15. The molecule has 2 aromatic rings. The predicted octanol–water partition coefficient (Wildman–Crippen LogP) is 3.88. The van der Waals surface area contributed by atoms with Gasteiger partial charge < -0.3 is 24.0 Å². The number of nitrogens with zero attached hydrogens (tertiary/aromatic N) is 2. The lowest BCUT2D eigenvalue weighted by atomic mass is 9.76. The van der Waals surface area contributed by atoms with Gasteiger partial charge in [-0.3, -0.25) is 13.9 Å². The van der Waals surface area contributed by atoms with Gasteiger partial charge in [0.05, 0.1) is 33.3 Å². The number of carboxylic acid groups (broad SMARTS) is 1. The van der Waals surface area contributed by atoms with Crippen LogP contribution >= 0.6 is 0 Å². The van der Waals surface area contributed by atoms with E-state index in [0.29, 0.717) is 66.3 Å². The Bertz CT molecular complexity index is 2550. The zero-order valence-corrected chi connectivity index (χ0v) is 38.3. The van der Waals surface area contributed by atoms with Gasteiger partial charge in [0.15, 0.2) is 12.3 Å². The number of carboxylic acids is 1. The van der Waals surface area contributed by atoms with Crippen molar-refractivity contribution in [2.24, 2.45) is 0 Å². The van der Waals surface area contributed by atoms with Crippen molar-refractivity contribution in [3.63, 3.8) is 0 Å². The minimum Gasteiger partial charge on any atom is -0.744 e. The van der Waals surface area contributed by atoms with Crippen LogP contribution in [-0.4, -0.2) is 127 Å². The van der Waals surface area contributed by atoms with E-state index in [2.05, 4.69) is 4.72 Å². The highest BCUT2D eigenvalue weighted by atomic mass is 32.2. The standard InChI is InChI=1S/C40H55N3O15S4/c1-39(19-11-26-60(48,49)50)32-28-30(61(51,52)53)16-18-35(32)43(23-25-58-4)36(39)12-7-5-8-13-37-40(2,20-27-59(46,47)41-21-24-57-3)33-29-31(62(54,55)56)15-17-34(33)42(37)22-10-6-9-14-38(44)45/h5,7-8,12-13,15-18,28-29,41H,6,9-11,14,19-27H2,1-4H3,(H3-,44,45,48,49,50,51,52,53,54,55,56). The third-order valence-corrected chi connectivity index (χ3v) is 15.0. The van der Waals surface area contributed by atoms with E-state index in [9.17, 15) is 52.1 Å². The number of unbranched alkanes of at least 4 members (excludes halogenated alkanes) is 2. The molecule has 22 heteroatoms. The van der Waals surface area contributed by atoms with Crippen molar-refractivity contribution in [3.05, 3.63) is 83.6 Å². The Morgan fingerprint density at radius 1 is 0.823 bits per heavy atom. The fourth-order valence-electron chi connectivity index (χ4n) is 7.97. The molecule has 0 aromatic heterocycles. The van der Waals surface area contributed by atoms with Gasteiger partial charge in [-0.15, -0.1) is 0 Å². The SMILES string of the molecule is COCCNS(=O)(=O)CCC1(C)\C(=C/C=C/C=C/C2=[N+](CCOC)c3ccc(S(=O)(=O)O)cc3C2(C)CCCS(=O)(=O)O)N(CCCCCC(=O)O)c2ccc(S(=O)(=O)[O-])cc21. The van der Waals surface area contributed by atoms with Crippen molar-refractivity contribution in [2.45, 2.75) is 79.4 Å². The predicted molar refractivity (Wildman–Crippen MR) is 231 cm³/mol. The monoisotopic (exact) mass is 945 g/mol. The van der Waals surface area contributed by atoms with E-state index in [1.54, 1.807) is 50.3 Å². The second-order valence-electron chi connectivity index (χ2n) is 15.5. The lowest BCUT2D eigenvalue weighted by molar-refractivity contribution is -0.441. The number of nitrogens with one attached hydrogen (secondary N) is 1. The molecular formula is C40H55N3O15S4. The second-order valence-corrected chi connectivity index (χ2v) is 21.8. The van der Waals surface area contributed by atoms with E-state index in [-0.39, 0.29) is 56.1 Å². The van der Waals surface area contributed by atoms with Crippen molar-refractivity contribution in [1.29, 1.82) is 0 Å². The van der Waals surface area contributed by atoms with Gasteiger partial charge in [0.2, 0.25) is 15.7 Å². The maximum Gasteiger partial charge on any atom is 0.303 e. The fraction of sp³-hybridized carbons (Fsp3) is 0.500. The Balaban J connectivity index is 1.83. The summed E-state index contributed by atoms with van der Waals surface area (Å²) in [6, 6.07) is 8.11. The number of allylic oxidation sites excluding steroid dienone is 6. The lowest BCUT2D eigenvalue weighted by Gasteiger charge is -2.30. The first-order valence-corrected chi connectivity index (χ1v) is 25.8. The van der Waals surface area contributed by atoms with Crippen LogP contribution in [0.1, 0.15) is 69.9 Å². The third kappa shape index (κ3) is 12.9. The minimum absolute atomic E-state index is 0.000531. The molecule has 4 N–H and O–H groups in total. The van der Waals surface area contributed by atoms with Crippen LogP contribution in [0, 0.1) is 0 Å². The number of hydrogen-bond donors (Lipinski definition) is 4. The largest absolute Gasteiger partial charge is 0.744 e. The molecule has 0 radical (unpaired) electrons. The Labute approximate surface area is 364 Å². The fourth-order valence-corrected chi connectivity index (χ4v) is 10.7. The maximum absolute atomic E-state index is 13.1. The average molecular weight is 946 g/mol. The van der Waals surface area contributed by atoms with Crippen molar-refractivity contribution in [2.75, 3.05) is 63.5 Å². The van der Waals surface area contributed by atoms with Gasteiger partial charge in [-0.2, -0.15) is 21.4 Å². The van der Waals surface area contributed by atoms with E-state index >= 15 is 0 Å². The molecule has 0 spiro atoms. The van der Waals surface area contributed by atoms with Crippen LogP contribution in [0.5, 0.6) is 0 Å². The molecule has 0 saturated heterocycles. The Kier molecular flexibility index (Phi) is 17.0. The molecule has 0 bridgehead atoms. The Morgan fingerprint density at radius 3 is 2.13 bits per heavy atom. The number of methoxy groups -OCH3 is 2. The second kappa shape index (κ2) is 20.8. The summed E-state index contributed by atoms with van der Waals surface area (Å²) >= 11 is 0. The van der Waals surface area contributed by atoms with Gasteiger partial charge in [0.25, 0.3) is 20.2 Å². The van der Waals surface area contributed by atoms with E-state index in [0.717, 1.165) is 0 Å². The number of hydrogen-bond acceptors (Lipinski definition) is 13. The Hall–Kier alpha value is -3.84. The van der Waals surface area contributed by atoms with E-state index in [1.165, 1.54) is 44.6 Å². The van der Waals surface area contributed by atoms with Crippen molar-refractivity contribution in [1.82, 2.24) is 4.72 Å². The van der Waals surface area contributed by atoms with Gasteiger partial charge in [0.1, 0.15) is 16.7 Å². The van der Waals surface area contributed by atoms with Crippen LogP contribution in [0.2, 0.25) is 0 Å². The van der Waals surface area contributed by atoms with Gasteiger partial charge in [0, 0.05) is 68.2 Å². The number of fused-ring (bicyclic) bond motifs is 2. The topological polar surface area (TPSA) is 274 Å². The molecule has 0 saturated carbocycles. The molecule has 2 unspecified atom stereocenters. The highest BCUT2D eigenvalue weighted by molar-refractivity contribution is 7.89. The minimum atomic E-state index is -4.91. The van der Waals surface area contributed by atoms with Gasteiger partial charge in [-0.25, -0.2) is 21.6 Å². The summed E-state index contributed by atoms with van der Waals surface area (Å²) in [4.78, 5) is 12.2. The van der Waals surface area contributed by atoms with Gasteiger partial charge in [-0.1, -0.05) is 24.6 Å². The third-order valence-electron chi connectivity index (χ3n) is 11.1. The zero-order chi connectivity index (χ0) is 46.1. The molecule has 2 aromatic carbocycles. The number of anilines is 1. The number of ether oxygens (including phenoxy) is 2.